The van der Waals surface area contributed by atoms with Crippen LogP contribution in [0.25, 0.3) is 0 Å². The molecule has 0 saturated carbocycles. The standard InChI is InChI=1S/C18H23F3N2O4/c1-2-3-14(24)11-26-16-8-13-9-22(17(25)23(13)10-16)12-4-6-15(7-5-12)27-18(19,20)21/h4-7,13-14,16,24H,2-3,8-11H2,1H3/t13-,14?,16+/m0/s1. The maximum absolute atomic E-state index is 12.6. The van der Waals surface area contributed by atoms with Gasteiger partial charge in [-0.15, -0.1) is 13.2 Å². The van der Waals surface area contributed by atoms with Gasteiger partial charge in [0.2, 0.25) is 0 Å². The first-order valence-electron chi connectivity index (χ1n) is 9.00. The molecule has 3 atom stereocenters. The van der Waals surface area contributed by atoms with Crippen LogP contribution >= 0.6 is 0 Å². The molecule has 0 aliphatic carbocycles. The van der Waals surface area contributed by atoms with Crippen LogP contribution in [0.4, 0.5) is 23.7 Å². The van der Waals surface area contributed by atoms with Crippen LogP contribution in [0.15, 0.2) is 24.3 Å². The van der Waals surface area contributed by atoms with E-state index in [0.29, 0.717) is 31.6 Å². The molecule has 2 heterocycles. The van der Waals surface area contributed by atoms with Crippen molar-refractivity contribution in [2.75, 3.05) is 24.6 Å². The number of aliphatic hydroxyl groups is 1. The van der Waals surface area contributed by atoms with Crippen LogP contribution in [-0.4, -0.2) is 60.3 Å². The van der Waals surface area contributed by atoms with E-state index in [0.717, 1.165) is 6.42 Å². The van der Waals surface area contributed by atoms with Crippen LogP contribution in [0.3, 0.4) is 0 Å². The number of amides is 2. The Balaban J connectivity index is 1.55. The molecule has 2 amide bonds. The smallest absolute Gasteiger partial charge is 0.406 e. The molecule has 2 saturated heterocycles. The average Bonchev–Trinajstić information content (AvgIpc) is 3.12. The Morgan fingerprint density at radius 1 is 1.26 bits per heavy atom. The number of fused-ring (bicyclic) bond motifs is 1. The largest absolute Gasteiger partial charge is 0.573 e. The van der Waals surface area contributed by atoms with E-state index in [1.54, 1.807) is 9.80 Å². The summed E-state index contributed by atoms with van der Waals surface area (Å²) < 4.78 is 46.3. The second kappa shape index (κ2) is 7.93. The number of anilines is 1. The highest BCUT2D eigenvalue weighted by molar-refractivity contribution is 5.95. The Morgan fingerprint density at radius 3 is 2.56 bits per heavy atom. The Kier molecular flexibility index (Phi) is 5.81. The fourth-order valence-corrected chi connectivity index (χ4v) is 3.55. The maximum Gasteiger partial charge on any atom is 0.573 e. The molecule has 0 radical (unpaired) electrons. The summed E-state index contributed by atoms with van der Waals surface area (Å²) in [6.07, 6.45) is -3.10. The summed E-state index contributed by atoms with van der Waals surface area (Å²) in [6.45, 7) is 3.16. The van der Waals surface area contributed by atoms with Gasteiger partial charge in [0.05, 0.1) is 24.9 Å². The zero-order valence-electron chi connectivity index (χ0n) is 15.0. The van der Waals surface area contributed by atoms with Gasteiger partial charge in [0.15, 0.2) is 0 Å². The van der Waals surface area contributed by atoms with E-state index < -0.39 is 12.5 Å². The molecular weight excluding hydrogens is 365 g/mol. The van der Waals surface area contributed by atoms with Crippen LogP contribution in [0, 0.1) is 0 Å². The molecule has 2 aliphatic heterocycles. The third kappa shape index (κ3) is 4.84. The van der Waals surface area contributed by atoms with Crippen molar-refractivity contribution in [3.05, 3.63) is 24.3 Å². The van der Waals surface area contributed by atoms with Gasteiger partial charge in [0.25, 0.3) is 0 Å². The lowest BCUT2D eigenvalue weighted by Gasteiger charge is -2.20. The van der Waals surface area contributed by atoms with Crippen molar-refractivity contribution < 1.29 is 32.5 Å². The van der Waals surface area contributed by atoms with Crippen LogP contribution in [-0.2, 0) is 4.74 Å². The molecule has 1 N–H and O–H groups in total. The molecule has 6 nitrogen and oxygen atoms in total. The lowest BCUT2D eigenvalue weighted by molar-refractivity contribution is -0.274. The van der Waals surface area contributed by atoms with Crippen molar-refractivity contribution >= 4 is 11.7 Å². The van der Waals surface area contributed by atoms with E-state index in [2.05, 4.69) is 4.74 Å². The molecule has 1 aromatic rings. The fourth-order valence-electron chi connectivity index (χ4n) is 3.55. The Hall–Kier alpha value is -2.00. The summed E-state index contributed by atoms with van der Waals surface area (Å²) in [5.41, 5.74) is 0.528. The van der Waals surface area contributed by atoms with Gasteiger partial charge in [-0.2, -0.15) is 0 Å². The quantitative estimate of drug-likeness (QED) is 0.780. The normalized spacial score (nSPS) is 23.7. The molecule has 0 bridgehead atoms. The van der Waals surface area contributed by atoms with Crippen molar-refractivity contribution in [2.45, 2.75) is 50.8 Å². The molecule has 1 unspecified atom stereocenters. The maximum atomic E-state index is 12.6. The third-order valence-electron chi connectivity index (χ3n) is 4.77. The number of benzene rings is 1. The highest BCUT2D eigenvalue weighted by Gasteiger charge is 2.45. The number of carbonyl (C=O) groups is 1. The molecule has 1 aromatic carbocycles. The number of nitrogens with zero attached hydrogens (tertiary/aromatic N) is 2. The molecule has 2 fully saturated rings. The molecule has 9 heteroatoms. The fraction of sp³-hybridized carbons (Fsp3) is 0.611. The predicted octanol–water partition coefficient (Wildman–Crippen LogP) is 3.15. The highest BCUT2D eigenvalue weighted by Crippen LogP contribution is 2.33. The van der Waals surface area contributed by atoms with Gasteiger partial charge in [0, 0.05) is 18.8 Å². The first-order chi connectivity index (χ1) is 12.8. The number of aliphatic hydroxyl groups excluding tert-OH is 1. The topological polar surface area (TPSA) is 62.2 Å². The summed E-state index contributed by atoms with van der Waals surface area (Å²) in [4.78, 5) is 15.9. The minimum Gasteiger partial charge on any atom is -0.406 e. The lowest BCUT2D eigenvalue weighted by Crippen LogP contribution is -2.34. The molecule has 27 heavy (non-hydrogen) atoms. The molecule has 0 aromatic heterocycles. The van der Waals surface area contributed by atoms with Crippen molar-refractivity contribution in [1.29, 1.82) is 0 Å². The van der Waals surface area contributed by atoms with Crippen LogP contribution in [0.5, 0.6) is 5.75 Å². The monoisotopic (exact) mass is 388 g/mol. The van der Waals surface area contributed by atoms with E-state index in [1.807, 2.05) is 6.92 Å². The summed E-state index contributed by atoms with van der Waals surface area (Å²) in [6, 6.07) is 5.08. The van der Waals surface area contributed by atoms with Crippen molar-refractivity contribution in [3.8, 4) is 5.75 Å². The zero-order chi connectivity index (χ0) is 19.6. The summed E-state index contributed by atoms with van der Waals surface area (Å²) in [5, 5.41) is 9.75. The van der Waals surface area contributed by atoms with E-state index in [-0.39, 0.29) is 30.5 Å². The van der Waals surface area contributed by atoms with Gasteiger partial charge in [-0.25, -0.2) is 4.79 Å². The lowest BCUT2D eigenvalue weighted by atomic mass is 10.2. The predicted molar refractivity (Wildman–Crippen MR) is 91.6 cm³/mol. The summed E-state index contributed by atoms with van der Waals surface area (Å²) in [5.74, 6) is -0.322. The van der Waals surface area contributed by atoms with Crippen molar-refractivity contribution in [2.24, 2.45) is 0 Å². The second-order valence-electron chi connectivity index (χ2n) is 6.87. The number of alkyl halides is 3. The second-order valence-corrected chi connectivity index (χ2v) is 6.87. The number of urea groups is 1. The van der Waals surface area contributed by atoms with Gasteiger partial charge in [-0.05, 0) is 37.1 Å². The Morgan fingerprint density at radius 2 is 1.96 bits per heavy atom. The van der Waals surface area contributed by atoms with E-state index in [4.69, 9.17) is 4.74 Å². The first kappa shape index (κ1) is 19.8. The minimum absolute atomic E-state index is 0.00285. The molecule has 0 spiro atoms. The molecule has 2 aliphatic rings. The van der Waals surface area contributed by atoms with Crippen LogP contribution in [0.1, 0.15) is 26.2 Å². The van der Waals surface area contributed by atoms with Crippen LogP contribution in [0.2, 0.25) is 0 Å². The molecular formula is C18H23F3N2O4. The Bertz CT molecular complexity index is 653. The zero-order valence-corrected chi connectivity index (χ0v) is 15.0. The van der Waals surface area contributed by atoms with Crippen molar-refractivity contribution in [1.82, 2.24) is 4.90 Å². The number of ether oxygens (including phenoxy) is 2. The van der Waals surface area contributed by atoms with Gasteiger partial charge in [-0.1, -0.05) is 13.3 Å². The van der Waals surface area contributed by atoms with Gasteiger partial charge in [0.1, 0.15) is 5.75 Å². The number of hydrogen-bond donors (Lipinski definition) is 1. The number of hydrogen-bond acceptors (Lipinski definition) is 4. The Labute approximate surface area is 155 Å². The SMILES string of the molecule is CCCC(O)CO[C@@H]1C[C@H]2CN(c3ccc(OC(F)(F)F)cc3)C(=O)N2C1. The molecule has 150 valence electrons. The molecule has 3 rings (SSSR count). The summed E-state index contributed by atoms with van der Waals surface area (Å²) in [7, 11) is 0. The number of carbonyl (C=O) groups excluding carboxylic acids is 1. The van der Waals surface area contributed by atoms with Crippen molar-refractivity contribution in [3.63, 3.8) is 0 Å². The van der Waals surface area contributed by atoms with Gasteiger partial charge < -0.3 is 19.5 Å². The highest BCUT2D eigenvalue weighted by atomic mass is 19.4. The van der Waals surface area contributed by atoms with E-state index >= 15 is 0 Å². The van der Waals surface area contributed by atoms with E-state index in [9.17, 15) is 23.1 Å². The number of rotatable bonds is 7. The minimum atomic E-state index is -4.74. The summed E-state index contributed by atoms with van der Waals surface area (Å²) >= 11 is 0. The first-order valence-corrected chi connectivity index (χ1v) is 9.00. The van der Waals surface area contributed by atoms with E-state index in [1.165, 1.54) is 24.3 Å². The number of halogens is 3. The van der Waals surface area contributed by atoms with Gasteiger partial charge >= 0.3 is 12.4 Å². The third-order valence-corrected chi connectivity index (χ3v) is 4.77. The van der Waals surface area contributed by atoms with Gasteiger partial charge in [-0.3, -0.25) is 4.90 Å². The van der Waals surface area contributed by atoms with Crippen LogP contribution < -0.4 is 9.64 Å². The average molecular weight is 388 g/mol.